The molecular formula is C13H17BrN2O3. The molecule has 0 bridgehead atoms. The van der Waals surface area contributed by atoms with Crippen LogP contribution in [0.1, 0.15) is 35.7 Å². The number of alkyl halides is 1. The number of amides is 1. The molecule has 0 heterocycles. The molecule has 1 N–H and O–H groups in total. The van der Waals surface area contributed by atoms with E-state index in [9.17, 15) is 14.9 Å². The summed E-state index contributed by atoms with van der Waals surface area (Å²) < 4.78 is 0. The van der Waals surface area contributed by atoms with Crippen LogP contribution in [0.4, 0.5) is 5.69 Å². The molecule has 1 unspecified atom stereocenters. The molecule has 0 saturated carbocycles. The summed E-state index contributed by atoms with van der Waals surface area (Å²) in [5, 5.41) is 13.7. The fourth-order valence-corrected chi connectivity index (χ4v) is 2.43. The maximum atomic E-state index is 12.1. The lowest BCUT2D eigenvalue weighted by Gasteiger charge is -2.11. The van der Waals surface area contributed by atoms with Crippen molar-refractivity contribution in [3.8, 4) is 0 Å². The zero-order valence-electron chi connectivity index (χ0n) is 11.0. The van der Waals surface area contributed by atoms with Gasteiger partial charge in [0.1, 0.15) is 5.56 Å². The van der Waals surface area contributed by atoms with E-state index in [4.69, 9.17) is 0 Å². The molecule has 0 fully saturated rings. The number of nitrogens with zero attached hydrogens (tertiary/aromatic N) is 1. The van der Waals surface area contributed by atoms with Crippen molar-refractivity contribution in [1.82, 2.24) is 5.32 Å². The van der Waals surface area contributed by atoms with Crippen LogP contribution in [0.3, 0.4) is 0 Å². The third kappa shape index (κ3) is 4.31. The molecule has 0 aliphatic heterocycles. The normalized spacial score (nSPS) is 11.9. The van der Waals surface area contributed by atoms with Crippen LogP contribution in [0.5, 0.6) is 0 Å². The quantitative estimate of drug-likeness (QED) is 0.495. The van der Waals surface area contributed by atoms with Crippen LogP contribution >= 0.6 is 15.9 Å². The molecule has 0 aliphatic rings. The van der Waals surface area contributed by atoms with Gasteiger partial charge in [-0.3, -0.25) is 14.9 Å². The van der Waals surface area contributed by atoms with Crippen LogP contribution in [0.25, 0.3) is 0 Å². The zero-order chi connectivity index (χ0) is 14.4. The predicted molar refractivity (Wildman–Crippen MR) is 77.8 cm³/mol. The highest BCUT2D eigenvalue weighted by atomic mass is 79.9. The van der Waals surface area contributed by atoms with Crippen molar-refractivity contribution in [3.63, 3.8) is 0 Å². The molecule has 1 atom stereocenters. The number of nitro groups is 1. The van der Waals surface area contributed by atoms with Crippen molar-refractivity contribution in [2.75, 3.05) is 6.54 Å². The molecule has 0 aromatic heterocycles. The highest BCUT2D eigenvalue weighted by Crippen LogP contribution is 2.21. The number of nitro benzene ring substituents is 1. The molecule has 0 aliphatic carbocycles. The Bertz CT molecular complexity index is 477. The van der Waals surface area contributed by atoms with Gasteiger partial charge in [-0.05, 0) is 18.9 Å². The first-order valence-electron chi connectivity index (χ1n) is 6.13. The van der Waals surface area contributed by atoms with Gasteiger partial charge in [0.05, 0.1) is 4.92 Å². The summed E-state index contributed by atoms with van der Waals surface area (Å²) in [5.41, 5.74) is 0.594. The van der Waals surface area contributed by atoms with Crippen LogP contribution in [0.15, 0.2) is 18.2 Å². The van der Waals surface area contributed by atoms with Gasteiger partial charge in [0.2, 0.25) is 0 Å². The van der Waals surface area contributed by atoms with Crippen LogP contribution in [0, 0.1) is 17.0 Å². The Hall–Kier alpha value is -1.43. The average Bonchev–Trinajstić information content (AvgIpc) is 2.36. The second kappa shape index (κ2) is 7.23. The lowest BCUT2D eigenvalue weighted by atomic mass is 10.1. The molecule has 0 saturated heterocycles. The Labute approximate surface area is 120 Å². The van der Waals surface area contributed by atoms with Gasteiger partial charge in [0, 0.05) is 17.4 Å². The number of hydrogen-bond acceptors (Lipinski definition) is 3. The number of halogens is 1. The van der Waals surface area contributed by atoms with Crippen LogP contribution in [0.2, 0.25) is 0 Å². The molecule has 0 spiro atoms. The summed E-state index contributed by atoms with van der Waals surface area (Å²) in [6, 6.07) is 4.62. The molecule has 104 valence electrons. The van der Waals surface area contributed by atoms with Gasteiger partial charge < -0.3 is 5.32 Å². The Morgan fingerprint density at radius 2 is 2.21 bits per heavy atom. The topological polar surface area (TPSA) is 72.2 Å². The number of hydrogen-bond donors (Lipinski definition) is 1. The fourth-order valence-electron chi connectivity index (χ4n) is 1.81. The first-order chi connectivity index (χ1) is 8.97. The molecular weight excluding hydrogens is 312 g/mol. The third-order valence-electron chi connectivity index (χ3n) is 2.76. The van der Waals surface area contributed by atoms with Crippen LogP contribution < -0.4 is 5.32 Å². The molecule has 1 amide bonds. The van der Waals surface area contributed by atoms with Gasteiger partial charge in [0.25, 0.3) is 11.6 Å². The van der Waals surface area contributed by atoms with E-state index in [1.54, 1.807) is 19.1 Å². The SMILES string of the molecule is CCCC(Br)CNC(=O)c1c(C)cccc1[N+](=O)[O-]. The van der Waals surface area contributed by atoms with E-state index in [1.165, 1.54) is 6.07 Å². The minimum atomic E-state index is -0.528. The number of benzene rings is 1. The van der Waals surface area contributed by atoms with Crippen molar-refractivity contribution >= 4 is 27.5 Å². The minimum Gasteiger partial charge on any atom is -0.351 e. The van der Waals surface area contributed by atoms with Gasteiger partial charge in [-0.15, -0.1) is 0 Å². The summed E-state index contributed by atoms with van der Waals surface area (Å²) in [4.78, 5) is 22.7. The molecule has 19 heavy (non-hydrogen) atoms. The smallest absolute Gasteiger partial charge is 0.282 e. The van der Waals surface area contributed by atoms with E-state index in [-0.39, 0.29) is 16.1 Å². The van der Waals surface area contributed by atoms with E-state index < -0.39 is 10.8 Å². The fraction of sp³-hybridized carbons (Fsp3) is 0.462. The Morgan fingerprint density at radius 1 is 1.53 bits per heavy atom. The van der Waals surface area contributed by atoms with Crippen LogP contribution in [-0.2, 0) is 0 Å². The van der Waals surface area contributed by atoms with E-state index in [2.05, 4.69) is 28.2 Å². The number of carbonyl (C=O) groups is 1. The maximum Gasteiger partial charge on any atom is 0.282 e. The maximum absolute atomic E-state index is 12.1. The average molecular weight is 329 g/mol. The number of nitrogens with one attached hydrogen (secondary N) is 1. The number of aryl methyl sites for hydroxylation is 1. The van der Waals surface area contributed by atoms with Gasteiger partial charge in [-0.2, -0.15) is 0 Å². The van der Waals surface area contributed by atoms with Crippen molar-refractivity contribution in [2.45, 2.75) is 31.5 Å². The predicted octanol–water partition coefficient (Wildman–Crippen LogP) is 3.20. The van der Waals surface area contributed by atoms with Gasteiger partial charge in [0.15, 0.2) is 0 Å². The molecule has 1 aromatic rings. The summed E-state index contributed by atoms with van der Waals surface area (Å²) in [6.07, 6.45) is 1.95. The first-order valence-corrected chi connectivity index (χ1v) is 7.05. The summed E-state index contributed by atoms with van der Waals surface area (Å²) in [7, 11) is 0. The standard InChI is InChI=1S/C13H17BrN2O3/c1-3-5-10(14)8-15-13(17)12-9(2)6-4-7-11(12)16(18)19/h4,6-7,10H,3,5,8H2,1-2H3,(H,15,17). The van der Waals surface area contributed by atoms with Gasteiger partial charge in [-0.1, -0.05) is 41.4 Å². The van der Waals surface area contributed by atoms with Crippen LogP contribution in [-0.4, -0.2) is 22.2 Å². The molecule has 1 aromatic carbocycles. The van der Waals surface area contributed by atoms with Gasteiger partial charge >= 0.3 is 0 Å². The van der Waals surface area contributed by atoms with Gasteiger partial charge in [-0.25, -0.2) is 0 Å². The monoisotopic (exact) mass is 328 g/mol. The minimum absolute atomic E-state index is 0.142. The van der Waals surface area contributed by atoms with E-state index in [0.717, 1.165) is 12.8 Å². The van der Waals surface area contributed by atoms with E-state index >= 15 is 0 Å². The number of carbonyl (C=O) groups excluding carboxylic acids is 1. The highest BCUT2D eigenvalue weighted by molar-refractivity contribution is 9.09. The molecule has 6 heteroatoms. The zero-order valence-corrected chi connectivity index (χ0v) is 12.6. The third-order valence-corrected chi connectivity index (χ3v) is 3.54. The Morgan fingerprint density at radius 3 is 2.79 bits per heavy atom. The van der Waals surface area contributed by atoms with E-state index in [0.29, 0.717) is 12.1 Å². The Kier molecular flexibility index (Phi) is 5.95. The highest BCUT2D eigenvalue weighted by Gasteiger charge is 2.22. The summed E-state index contributed by atoms with van der Waals surface area (Å²) in [6.45, 7) is 4.21. The summed E-state index contributed by atoms with van der Waals surface area (Å²) in [5.74, 6) is -0.398. The lowest BCUT2D eigenvalue weighted by Crippen LogP contribution is -2.30. The molecule has 1 rings (SSSR count). The first kappa shape index (κ1) is 15.6. The lowest BCUT2D eigenvalue weighted by molar-refractivity contribution is -0.385. The van der Waals surface area contributed by atoms with Crippen molar-refractivity contribution < 1.29 is 9.72 Å². The number of rotatable bonds is 6. The molecule has 5 nitrogen and oxygen atoms in total. The second-order valence-corrected chi connectivity index (χ2v) is 5.62. The summed E-state index contributed by atoms with van der Waals surface area (Å²) >= 11 is 3.46. The van der Waals surface area contributed by atoms with E-state index in [1.807, 2.05) is 0 Å². The van der Waals surface area contributed by atoms with Crippen molar-refractivity contribution in [2.24, 2.45) is 0 Å². The largest absolute Gasteiger partial charge is 0.351 e. The van der Waals surface area contributed by atoms with Crippen molar-refractivity contribution in [1.29, 1.82) is 0 Å². The Balaban J connectivity index is 2.85. The molecule has 0 radical (unpaired) electrons. The second-order valence-electron chi connectivity index (χ2n) is 4.32. The van der Waals surface area contributed by atoms with Crippen molar-refractivity contribution in [3.05, 3.63) is 39.4 Å².